The monoisotopic (exact) mass is 304 g/mol. The molecule has 1 aromatic heterocycles. The minimum absolute atomic E-state index is 0.133. The molecule has 0 aliphatic rings. The van der Waals surface area contributed by atoms with E-state index in [1.54, 1.807) is 24.3 Å². The number of benzene rings is 1. The van der Waals surface area contributed by atoms with Gasteiger partial charge in [0.15, 0.2) is 0 Å². The van der Waals surface area contributed by atoms with Gasteiger partial charge in [-0.25, -0.2) is 0 Å². The van der Waals surface area contributed by atoms with Gasteiger partial charge in [0.25, 0.3) is 0 Å². The first-order chi connectivity index (χ1) is 7.99. The molecule has 0 N–H and O–H groups in total. The molecule has 1 aromatic carbocycles. The van der Waals surface area contributed by atoms with E-state index in [4.69, 9.17) is 34.8 Å². The molecule has 0 bridgehead atoms. The maximum absolute atomic E-state index is 12.2. The van der Waals surface area contributed by atoms with Gasteiger partial charge in [-0.2, -0.15) is 0 Å². The third kappa shape index (κ3) is 2.66. The Morgan fingerprint density at radius 2 is 1.88 bits per heavy atom. The number of rotatable bonds is 2. The second-order valence-corrected chi connectivity index (χ2v) is 6.02. The van der Waals surface area contributed by atoms with Gasteiger partial charge in [-0.1, -0.05) is 34.8 Å². The predicted molar refractivity (Wildman–Crippen MR) is 74.0 cm³/mol. The van der Waals surface area contributed by atoms with Crippen molar-refractivity contribution in [2.45, 2.75) is 6.92 Å². The highest BCUT2D eigenvalue weighted by Gasteiger charge is 2.16. The smallest absolute Gasteiger partial charge is 0.204 e. The Labute approximate surface area is 118 Å². The van der Waals surface area contributed by atoms with Crippen LogP contribution in [-0.2, 0) is 0 Å². The molecule has 0 spiro atoms. The Balaban J connectivity index is 2.43. The van der Waals surface area contributed by atoms with Crippen molar-refractivity contribution in [1.82, 2.24) is 0 Å². The molecule has 0 fully saturated rings. The molecular formula is C12H7Cl3OS. The molecule has 17 heavy (non-hydrogen) atoms. The summed E-state index contributed by atoms with van der Waals surface area (Å²) in [6.07, 6.45) is 0. The zero-order valence-corrected chi connectivity index (χ0v) is 11.8. The van der Waals surface area contributed by atoms with Gasteiger partial charge in [-0.15, -0.1) is 11.3 Å². The van der Waals surface area contributed by atoms with Gasteiger partial charge in [0.2, 0.25) is 5.78 Å². The Bertz CT molecular complexity index is 570. The molecule has 0 saturated heterocycles. The van der Waals surface area contributed by atoms with Crippen molar-refractivity contribution < 1.29 is 4.79 Å². The molecule has 0 amide bonds. The van der Waals surface area contributed by atoms with E-state index in [1.807, 2.05) is 6.92 Å². The summed E-state index contributed by atoms with van der Waals surface area (Å²) in [5, 5.41) is 0.858. The third-order valence-corrected chi connectivity index (χ3v) is 4.36. The van der Waals surface area contributed by atoms with E-state index in [-0.39, 0.29) is 5.78 Å². The second kappa shape index (κ2) is 4.99. The normalized spacial score (nSPS) is 10.6. The van der Waals surface area contributed by atoms with Crippen LogP contribution in [0.4, 0.5) is 0 Å². The lowest BCUT2D eigenvalue weighted by Gasteiger charge is -2.01. The van der Waals surface area contributed by atoms with E-state index in [0.717, 1.165) is 5.56 Å². The molecular weight excluding hydrogens is 299 g/mol. The molecule has 1 heterocycles. The lowest BCUT2D eigenvalue weighted by Crippen LogP contribution is -1.99. The summed E-state index contributed by atoms with van der Waals surface area (Å²) in [6, 6.07) is 6.58. The van der Waals surface area contributed by atoms with Crippen molar-refractivity contribution in [3.63, 3.8) is 0 Å². The molecule has 0 radical (unpaired) electrons. The van der Waals surface area contributed by atoms with Crippen molar-refractivity contribution >= 4 is 51.9 Å². The Morgan fingerprint density at radius 3 is 2.41 bits per heavy atom. The second-order valence-electron chi connectivity index (χ2n) is 3.52. The Morgan fingerprint density at radius 1 is 1.18 bits per heavy atom. The number of aryl methyl sites for hydroxylation is 1. The van der Waals surface area contributed by atoms with Gasteiger partial charge >= 0.3 is 0 Å². The van der Waals surface area contributed by atoms with Crippen LogP contribution >= 0.6 is 46.1 Å². The van der Waals surface area contributed by atoms with E-state index in [0.29, 0.717) is 24.8 Å². The largest absolute Gasteiger partial charge is 0.288 e. The van der Waals surface area contributed by atoms with Crippen LogP contribution in [0.5, 0.6) is 0 Å². The quantitative estimate of drug-likeness (QED) is 0.693. The summed E-state index contributed by atoms with van der Waals surface area (Å²) in [7, 11) is 0. The SMILES string of the molecule is Cc1cc(C(=O)c2ccc(Cl)cc2Cl)sc1Cl. The van der Waals surface area contributed by atoms with Gasteiger partial charge in [-0.3, -0.25) is 4.79 Å². The zero-order valence-electron chi connectivity index (χ0n) is 8.76. The third-order valence-electron chi connectivity index (χ3n) is 2.26. The summed E-state index contributed by atoms with van der Waals surface area (Å²) in [6.45, 7) is 1.86. The highest BCUT2D eigenvalue weighted by atomic mass is 35.5. The maximum atomic E-state index is 12.2. The molecule has 0 aliphatic carbocycles. The van der Waals surface area contributed by atoms with Crippen LogP contribution in [0.25, 0.3) is 0 Å². The van der Waals surface area contributed by atoms with Crippen molar-refractivity contribution in [2.24, 2.45) is 0 Å². The Hall–Kier alpha value is -0.540. The van der Waals surface area contributed by atoms with Crippen LogP contribution in [0.15, 0.2) is 24.3 Å². The Kier molecular flexibility index (Phi) is 3.79. The lowest BCUT2D eigenvalue weighted by molar-refractivity contribution is 0.104. The number of hydrogen-bond donors (Lipinski definition) is 0. The summed E-state index contributed by atoms with van der Waals surface area (Å²) < 4.78 is 0.624. The number of ketones is 1. The predicted octanol–water partition coefficient (Wildman–Crippen LogP) is 5.25. The average Bonchev–Trinajstić information content (AvgIpc) is 2.58. The molecule has 5 heteroatoms. The fourth-order valence-corrected chi connectivity index (χ4v) is 3.03. The van der Waals surface area contributed by atoms with Crippen molar-refractivity contribution in [3.8, 4) is 0 Å². The summed E-state index contributed by atoms with van der Waals surface area (Å²) in [5.41, 5.74) is 1.33. The average molecular weight is 306 g/mol. The van der Waals surface area contributed by atoms with Gasteiger partial charge in [0.1, 0.15) is 0 Å². The van der Waals surface area contributed by atoms with Crippen molar-refractivity contribution in [3.05, 3.63) is 54.7 Å². The molecule has 0 saturated carbocycles. The topological polar surface area (TPSA) is 17.1 Å². The molecule has 2 rings (SSSR count). The van der Waals surface area contributed by atoms with Gasteiger partial charge < -0.3 is 0 Å². The first-order valence-corrected chi connectivity index (χ1v) is 6.70. The number of carbonyl (C=O) groups excluding carboxylic acids is 1. The summed E-state index contributed by atoms with van der Waals surface area (Å²) in [5.74, 6) is -0.133. The van der Waals surface area contributed by atoms with Gasteiger partial charge in [0.05, 0.1) is 14.2 Å². The van der Waals surface area contributed by atoms with E-state index in [1.165, 1.54) is 11.3 Å². The standard InChI is InChI=1S/C12H7Cl3OS/c1-6-4-10(17-12(6)15)11(16)8-3-2-7(13)5-9(8)14/h2-5H,1H3. The first kappa shape index (κ1) is 12.9. The van der Waals surface area contributed by atoms with E-state index in [2.05, 4.69) is 0 Å². The van der Waals surface area contributed by atoms with E-state index >= 15 is 0 Å². The maximum Gasteiger partial charge on any atom is 0.204 e. The molecule has 1 nitrogen and oxygen atoms in total. The minimum Gasteiger partial charge on any atom is -0.288 e. The van der Waals surface area contributed by atoms with Gasteiger partial charge in [-0.05, 0) is 36.8 Å². The van der Waals surface area contributed by atoms with Crippen LogP contribution in [0.2, 0.25) is 14.4 Å². The first-order valence-electron chi connectivity index (χ1n) is 4.74. The number of hydrogen-bond acceptors (Lipinski definition) is 2. The number of halogens is 3. The van der Waals surface area contributed by atoms with Crippen molar-refractivity contribution in [2.75, 3.05) is 0 Å². The fraction of sp³-hybridized carbons (Fsp3) is 0.0833. The van der Waals surface area contributed by atoms with Crippen LogP contribution < -0.4 is 0 Å². The molecule has 88 valence electrons. The van der Waals surface area contributed by atoms with Gasteiger partial charge in [0, 0.05) is 10.6 Å². The molecule has 0 unspecified atom stereocenters. The lowest BCUT2D eigenvalue weighted by atomic mass is 10.1. The molecule has 0 aliphatic heterocycles. The van der Waals surface area contributed by atoms with Crippen LogP contribution in [0.1, 0.15) is 20.8 Å². The summed E-state index contributed by atoms with van der Waals surface area (Å²) in [4.78, 5) is 12.7. The highest BCUT2D eigenvalue weighted by Crippen LogP contribution is 2.30. The summed E-state index contributed by atoms with van der Waals surface area (Å²) >= 11 is 19.0. The number of thiophene rings is 1. The van der Waals surface area contributed by atoms with Crippen molar-refractivity contribution in [1.29, 1.82) is 0 Å². The number of carbonyl (C=O) groups is 1. The van der Waals surface area contributed by atoms with E-state index < -0.39 is 0 Å². The zero-order chi connectivity index (χ0) is 12.6. The molecule has 2 aromatic rings. The van der Waals surface area contributed by atoms with E-state index in [9.17, 15) is 4.79 Å². The van der Waals surface area contributed by atoms with Crippen LogP contribution in [0, 0.1) is 6.92 Å². The fourth-order valence-electron chi connectivity index (χ4n) is 1.38. The minimum atomic E-state index is -0.133. The molecule has 0 atom stereocenters. The van der Waals surface area contributed by atoms with Crippen LogP contribution in [-0.4, -0.2) is 5.78 Å². The highest BCUT2D eigenvalue weighted by molar-refractivity contribution is 7.18. The van der Waals surface area contributed by atoms with Crippen LogP contribution in [0.3, 0.4) is 0 Å².